The van der Waals surface area contributed by atoms with Gasteiger partial charge in [0.2, 0.25) is 6.41 Å². The first-order chi connectivity index (χ1) is 13.3. The largest absolute Gasteiger partial charge is 0.342 e. The monoisotopic (exact) mass is 362 g/mol. The van der Waals surface area contributed by atoms with Gasteiger partial charge in [0, 0.05) is 12.5 Å². The highest BCUT2D eigenvalue weighted by Crippen LogP contribution is 2.29. The Kier molecular flexibility index (Phi) is 5.49. The summed E-state index contributed by atoms with van der Waals surface area (Å²) in [5, 5.41) is 2.75. The summed E-state index contributed by atoms with van der Waals surface area (Å²) in [5.74, 6) is 1.46. The van der Waals surface area contributed by atoms with E-state index in [1.807, 2.05) is 18.2 Å². The maximum atomic E-state index is 10.8. The van der Waals surface area contributed by atoms with Crippen molar-refractivity contribution in [2.24, 2.45) is 0 Å². The lowest BCUT2D eigenvalue weighted by atomic mass is 9.97. The Hall–Kier alpha value is -2.66. The van der Waals surface area contributed by atoms with E-state index in [2.05, 4.69) is 45.5 Å². The predicted molar refractivity (Wildman–Crippen MR) is 109 cm³/mol. The molecule has 1 amide bonds. The summed E-state index contributed by atoms with van der Waals surface area (Å²) in [4.78, 5) is 21.7. The van der Waals surface area contributed by atoms with Crippen LogP contribution in [0, 0.1) is 0 Å². The average Bonchev–Trinajstić information content (AvgIpc) is 3.15. The van der Waals surface area contributed by atoms with Crippen molar-refractivity contribution in [3.8, 4) is 0 Å². The zero-order valence-electron chi connectivity index (χ0n) is 15.5. The van der Waals surface area contributed by atoms with Crippen LogP contribution in [0.3, 0.4) is 0 Å². The minimum atomic E-state index is 0.423. The van der Waals surface area contributed by atoms with Crippen LogP contribution in [-0.4, -0.2) is 40.9 Å². The lowest BCUT2D eigenvalue weighted by Gasteiger charge is -2.31. The van der Waals surface area contributed by atoms with Crippen LogP contribution < -0.4 is 5.32 Å². The number of carbonyl (C=O) groups is 1. The number of carbonyl (C=O) groups excluding carboxylic acids is 1. The van der Waals surface area contributed by atoms with Crippen molar-refractivity contribution in [2.75, 3.05) is 25.0 Å². The van der Waals surface area contributed by atoms with Crippen molar-refractivity contribution in [1.29, 1.82) is 0 Å². The van der Waals surface area contributed by atoms with Crippen molar-refractivity contribution in [2.45, 2.75) is 31.6 Å². The maximum Gasteiger partial charge on any atom is 0.211 e. The number of likely N-dealkylation sites (tertiary alicyclic amines) is 1. The SMILES string of the molecule is O=CNc1cccc2[nH]c(C3CCCN(CCCc4ccccc4)C3)nc12. The number of aryl methyl sites for hydroxylation is 1. The van der Waals surface area contributed by atoms with Gasteiger partial charge in [0.25, 0.3) is 0 Å². The maximum absolute atomic E-state index is 10.8. The summed E-state index contributed by atoms with van der Waals surface area (Å²) in [5.41, 5.74) is 4.01. The molecule has 140 valence electrons. The van der Waals surface area contributed by atoms with Crippen LogP contribution in [0.4, 0.5) is 5.69 Å². The van der Waals surface area contributed by atoms with Crippen LogP contribution in [0.15, 0.2) is 48.5 Å². The van der Waals surface area contributed by atoms with Gasteiger partial charge in [-0.1, -0.05) is 36.4 Å². The molecule has 0 radical (unpaired) electrons. The Morgan fingerprint density at radius 1 is 1.19 bits per heavy atom. The van der Waals surface area contributed by atoms with Crippen LogP contribution in [0.5, 0.6) is 0 Å². The summed E-state index contributed by atoms with van der Waals surface area (Å²) in [6.07, 6.45) is 5.38. The van der Waals surface area contributed by atoms with Gasteiger partial charge in [-0.3, -0.25) is 4.79 Å². The van der Waals surface area contributed by atoms with Gasteiger partial charge >= 0.3 is 0 Å². The molecular weight excluding hydrogens is 336 g/mol. The van der Waals surface area contributed by atoms with E-state index in [1.54, 1.807) is 0 Å². The summed E-state index contributed by atoms with van der Waals surface area (Å²) in [6, 6.07) is 16.6. The number of nitrogens with one attached hydrogen (secondary N) is 2. The molecule has 1 aliphatic rings. The molecule has 2 N–H and O–H groups in total. The van der Waals surface area contributed by atoms with Gasteiger partial charge in [-0.15, -0.1) is 0 Å². The Labute approximate surface area is 159 Å². The molecule has 1 aliphatic heterocycles. The van der Waals surface area contributed by atoms with E-state index < -0.39 is 0 Å². The number of aromatic amines is 1. The minimum Gasteiger partial charge on any atom is -0.342 e. The molecule has 1 aromatic heterocycles. The molecule has 1 unspecified atom stereocenters. The molecular formula is C22H26N4O. The summed E-state index contributed by atoms with van der Waals surface area (Å²) < 4.78 is 0. The first kappa shape index (κ1) is 17.7. The quantitative estimate of drug-likeness (QED) is 0.626. The van der Waals surface area contributed by atoms with E-state index >= 15 is 0 Å². The fourth-order valence-corrected chi connectivity index (χ4v) is 4.06. The van der Waals surface area contributed by atoms with Crippen molar-refractivity contribution in [3.05, 3.63) is 59.9 Å². The van der Waals surface area contributed by atoms with E-state index in [0.717, 1.165) is 48.5 Å². The van der Waals surface area contributed by atoms with Crippen LogP contribution in [-0.2, 0) is 11.2 Å². The van der Waals surface area contributed by atoms with Crippen molar-refractivity contribution >= 4 is 23.1 Å². The van der Waals surface area contributed by atoms with Gasteiger partial charge < -0.3 is 15.2 Å². The van der Waals surface area contributed by atoms with E-state index in [-0.39, 0.29) is 0 Å². The van der Waals surface area contributed by atoms with E-state index in [1.165, 1.54) is 24.9 Å². The molecule has 1 saturated heterocycles. The molecule has 0 bridgehead atoms. The third-order valence-electron chi connectivity index (χ3n) is 5.42. The summed E-state index contributed by atoms with van der Waals surface area (Å²) in [6.45, 7) is 3.35. The highest BCUT2D eigenvalue weighted by atomic mass is 16.1. The molecule has 27 heavy (non-hydrogen) atoms. The predicted octanol–water partition coefficient (Wildman–Crippen LogP) is 3.94. The molecule has 1 fully saturated rings. The molecule has 1 atom stereocenters. The lowest BCUT2D eigenvalue weighted by molar-refractivity contribution is -0.105. The van der Waals surface area contributed by atoms with Gasteiger partial charge in [0.05, 0.1) is 11.2 Å². The lowest BCUT2D eigenvalue weighted by Crippen LogP contribution is -2.35. The number of fused-ring (bicyclic) bond motifs is 1. The topological polar surface area (TPSA) is 61.0 Å². The molecule has 3 aromatic rings. The summed E-state index contributed by atoms with van der Waals surface area (Å²) >= 11 is 0. The molecule has 4 rings (SSSR count). The highest BCUT2D eigenvalue weighted by molar-refractivity contribution is 5.92. The van der Waals surface area contributed by atoms with Gasteiger partial charge in [-0.2, -0.15) is 0 Å². The Bertz CT molecular complexity index is 890. The zero-order valence-corrected chi connectivity index (χ0v) is 15.5. The Morgan fingerprint density at radius 2 is 2.07 bits per heavy atom. The number of piperidine rings is 1. The number of aromatic nitrogens is 2. The van der Waals surface area contributed by atoms with Crippen LogP contribution >= 0.6 is 0 Å². The Morgan fingerprint density at radius 3 is 2.93 bits per heavy atom. The minimum absolute atomic E-state index is 0.423. The smallest absolute Gasteiger partial charge is 0.211 e. The zero-order chi connectivity index (χ0) is 18.5. The number of rotatable bonds is 7. The fraction of sp³-hybridized carbons (Fsp3) is 0.364. The first-order valence-corrected chi connectivity index (χ1v) is 9.78. The number of hydrogen-bond acceptors (Lipinski definition) is 3. The number of hydrogen-bond donors (Lipinski definition) is 2. The van der Waals surface area contributed by atoms with Gasteiger partial charge in [-0.25, -0.2) is 4.98 Å². The normalized spacial score (nSPS) is 17.9. The Balaban J connectivity index is 1.40. The van der Waals surface area contributed by atoms with Crippen LogP contribution in [0.2, 0.25) is 0 Å². The third-order valence-corrected chi connectivity index (χ3v) is 5.42. The second-order valence-electron chi connectivity index (χ2n) is 7.31. The molecule has 0 aliphatic carbocycles. The number of para-hydroxylation sites is 1. The van der Waals surface area contributed by atoms with Crippen molar-refractivity contribution < 1.29 is 4.79 Å². The number of amides is 1. The number of anilines is 1. The molecule has 2 heterocycles. The van der Waals surface area contributed by atoms with E-state index in [0.29, 0.717) is 12.3 Å². The van der Waals surface area contributed by atoms with E-state index in [9.17, 15) is 4.79 Å². The van der Waals surface area contributed by atoms with Gasteiger partial charge in [0.1, 0.15) is 11.3 Å². The fourth-order valence-electron chi connectivity index (χ4n) is 4.06. The molecule has 5 heteroatoms. The van der Waals surface area contributed by atoms with Gasteiger partial charge in [-0.05, 0) is 56.5 Å². The molecule has 5 nitrogen and oxygen atoms in total. The van der Waals surface area contributed by atoms with Gasteiger partial charge in [0.15, 0.2) is 0 Å². The van der Waals surface area contributed by atoms with Crippen LogP contribution in [0.25, 0.3) is 11.0 Å². The van der Waals surface area contributed by atoms with Crippen molar-refractivity contribution in [1.82, 2.24) is 14.9 Å². The number of nitrogens with zero attached hydrogens (tertiary/aromatic N) is 2. The standard InChI is InChI=1S/C22H26N4O/c27-16-23-19-11-4-12-20-21(19)25-22(24-20)18-10-6-14-26(15-18)13-5-9-17-7-2-1-3-8-17/h1-4,7-8,11-12,16,18H,5-6,9-10,13-15H2,(H,23,27)(H,24,25). The average molecular weight is 362 g/mol. The second kappa shape index (κ2) is 8.35. The third kappa shape index (κ3) is 4.19. The first-order valence-electron chi connectivity index (χ1n) is 9.78. The molecule has 2 aromatic carbocycles. The van der Waals surface area contributed by atoms with Crippen LogP contribution in [0.1, 0.15) is 36.6 Å². The second-order valence-corrected chi connectivity index (χ2v) is 7.31. The number of imidazole rings is 1. The summed E-state index contributed by atoms with van der Waals surface area (Å²) in [7, 11) is 0. The number of benzene rings is 2. The van der Waals surface area contributed by atoms with E-state index in [4.69, 9.17) is 4.98 Å². The molecule has 0 saturated carbocycles. The number of H-pyrrole nitrogens is 1. The van der Waals surface area contributed by atoms with Crippen molar-refractivity contribution in [3.63, 3.8) is 0 Å². The highest BCUT2D eigenvalue weighted by Gasteiger charge is 2.24. The molecule has 0 spiro atoms.